The summed E-state index contributed by atoms with van der Waals surface area (Å²) in [5, 5.41) is 8.50. The van der Waals surface area contributed by atoms with Gasteiger partial charge in [0.2, 0.25) is 15.0 Å². The third kappa shape index (κ3) is 2.42. The third-order valence-corrected chi connectivity index (χ3v) is 5.85. The highest BCUT2D eigenvalue weighted by molar-refractivity contribution is 7.90. The molecule has 6 nitrogen and oxygen atoms in total. The predicted octanol–water partition coefficient (Wildman–Crippen LogP) is 1.66. The standard InChI is InChI=1S/C11H14N4O2S2/c1-7-10(18-8(2)13-7)5-19(16,17)11-14-12-6-15(11)9-3-4-9/h6,9H,3-5H2,1-2H3. The van der Waals surface area contributed by atoms with Gasteiger partial charge in [0.05, 0.1) is 16.5 Å². The second-order valence-corrected chi connectivity index (χ2v) is 7.92. The molecule has 0 unspecified atom stereocenters. The van der Waals surface area contributed by atoms with Crippen molar-refractivity contribution in [2.45, 2.75) is 43.6 Å². The van der Waals surface area contributed by atoms with Crippen molar-refractivity contribution < 1.29 is 8.42 Å². The first-order chi connectivity index (χ1) is 8.97. The van der Waals surface area contributed by atoms with E-state index < -0.39 is 9.84 Å². The van der Waals surface area contributed by atoms with Crippen LogP contribution in [0.2, 0.25) is 0 Å². The molecule has 0 aliphatic heterocycles. The molecule has 1 aliphatic rings. The summed E-state index contributed by atoms with van der Waals surface area (Å²) in [5.74, 6) is -0.0459. The van der Waals surface area contributed by atoms with E-state index in [1.54, 1.807) is 4.57 Å². The zero-order valence-electron chi connectivity index (χ0n) is 10.7. The number of hydrogen-bond acceptors (Lipinski definition) is 6. The van der Waals surface area contributed by atoms with Gasteiger partial charge in [-0.1, -0.05) is 0 Å². The van der Waals surface area contributed by atoms with Crippen LogP contribution in [0.15, 0.2) is 11.5 Å². The Morgan fingerprint density at radius 1 is 1.42 bits per heavy atom. The predicted molar refractivity (Wildman–Crippen MR) is 70.8 cm³/mol. The van der Waals surface area contributed by atoms with Gasteiger partial charge in [-0.05, 0) is 26.7 Å². The lowest BCUT2D eigenvalue weighted by Crippen LogP contribution is -2.12. The first kappa shape index (κ1) is 12.7. The van der Waals surface area contributed by atoms with Crippen molar-refractivity contribution in [1.82, 2.24) is 19.7 Å². The number of nitrogens with zero attached hydrogens (tertiary/aromatic N) is 4. The van der Waals surface area contributed by atoms with Crippen LogP contribution >= 0.6 is 11.3 Å². The van der Waals surface area contributed by atoms with Crippen molar-refractivity contribution >= 4 is 21.2 Å². The molecule has 2 aromatic rings. The molecular formula is C11H14N4O2S2. The molecule has 1 aliphatic carbocycles. The first-order valence-electron chi connectivity index (χ1n) is 6.02. The second kappa shape index (κ2) is 4.38. The van der Waals surface area contributed by atoms with Crippen LogP contribution in [0.3, 0.4) is 0 Å². The highest BCUT2D eigenvalue weighted by Crippen LogP contribution is 2.36. The minimum Gasteiger partial charge on any atom is -0.301 e. The van der Waals surface area contributed by atoms with Gasteiger partial charge in [0.1, 0.15) is 6.33 Å². The summed E-state index contributed by atoms with van der Waals surface area (Å²) in [6, 6.07) is 0.254. The number of rotatable bonds is 4. The fraction of sp³-hybridized carbons (Fsp3) is 0.545. The van der Waals surface area contributed by atoms with Crippen LogP contribution in [0.4, 0.5) is 0 Å². The van der Waals surface area contributed by atoms with E-state index in [0.717, 1.165) is 28.4 Å². The first-order valence-corrected chi connectivity index (χ1v) is 8.49. The van der Waals surface area contributed by atoms with Crippen molar-refractivity contribution in [2.75, 3.05) is 0 Å². The van der Waals surface area contributed by atoms with Crippen LogP contribution in [0, 0.1) is 13.8 Å². The number of aromatic nitrogens is 4. The zero-order valence-corrected chi connectivity index (χ0v) is 12.3. The average Bonchev–Trinajstić information content (AvgIpc) is 2.95. The molecule has 2 aromatic heterocycles. The molecule has 1 saturated carbocycles. The number of hydrogen-bond donors (Lipinski definition) is 0. The van der Waals surface area contributed by atoms with E-state index in [2.05, 4.69) is 15.2 Å². The Morgan fingerprint density at radius 3 is 2.74 bits per heavy atom. The summed E-state index contributed by atoms with van der Waals surface area (Å²) in [4.78, 5) is 5.04. The van der Waals surface area contributed by atoms with Crippen LogP contribution < -0.4 is 0 Å². The Balaban J connectivity index is 1.94. The van der Waals surface area contributed by atoms with Crippen molar-refractivity contribution in [1.29, 1.82) is 0 Å². The molecule has 0 amide bonds. The second-order valence-electron chi connectivity index (χ2n) is 4.75. The van der Waals surface area contributed by atoms with Crippen LogP contribution in [-0.4, -0.2) is 28.2 Å². The summed E-state index contributed by atoms with van der Waals surface area (Å²) in [6.07, 6.45) is 3.51. The Morgan fingerprint density at radius 2 is 2.16 bits per heavy atom. The van der Waals surface area contributed by atoms with E-state index in [4.69, 9.17) is 0 Å². The van der Waals surface area contributed by atoms with Gasteiger partial charge in [0.25, 0.3) is 0 Å². The minimum absolute atomic E-state index is 0.0459. The molecule has 2 heterocycles. The van der Waals surface area contributed by atoms with E-state index in [1.165, 1.54) is 17.7 Å². The van der Waals surface area contributed by atoms with Crippen LogP contribution in [-0.2, 0) is 15.6 Å². The summed E-state index contributed by atoms with van der Waals surface area (Å²) in [5.41, 5.74) is 0.781. The Hall–Kier alpha value is -1.28. The Kier molecular flexibility index (Phi) is 2.94. The highest BCUT2D eigenvalue weighted by atomic mass is 32.2. The van der Waals surface area contributed by atoms with Gasteiger partial charge in [-0.15, -0.1) is 21.5 Å². The van der Waals surface area contributed by atoms with Crippen molar-refractivity contribution in [3.8, 4) is 0 Å². The number of thiazole rings is 1. The molecule has 0 N–H and O–H groups in total. The van der Waals surface area contributed by atoms with Gasteiger partial charge in [-0.25, -0.2) is 13.4 Å². The SMILES string of the molecule is Cc1nc(C)c(CS(=O)(=O)c2nncn2C2CC2)s1. The van der Waals surface area contributed by atoms with E-state index in [0.29, 0.717) is 0 Å². The quantitative estimate of drug-likeness (QED) is 0.858. The van der Waals surface area contributed by atoms with Gasteiger partial charge in [-0.3, -0.25) is 0 Å². The van der Waals surface area contributed by atoms with E-state index in [1.807, 2.05) is 13.8 Å². The largest absolute Gasteiger partial charge is 0.301 e. The van der Waals surface area contributed by atoms with Crippen LogP contribution in [0.5, 0.6) is 0 Å². The molecular weight excluding hydrogens is 284 g/mol. The monoisotopic (exact) mass is 298 g/mol. The van der Waals surface area contributed by atoms with Crippen LogP contribution in [0.25, 0.3) is 0 Å². The summed E-state index contributed by atoms with van der Waals surface area (Å²) in [7, 11) is -3.46. The maximum absolute atomic E-state index is 12.4. The molecule has 0 aromatic carbocycles. The minimum atomic E-state index is -3.46. The molecule has 0 spiro atoms. The molecule has 0 radical (unpaired) electrons. The number of aryl methyl sites for hydroxylation is 2. The van der Waals surface area contributed by atoms with Gasteiger partial charge in [0, 0.05) is 10.9 Å². The van der Waals surface area contributed by atoms with E-state index in [9.17, 15) is 8.42 Å². The molecule has 3 rings (SSSR count). The lowest BCUT2D eigenvalue weighted by atomic mass is 10.4. The lowest BCUT2D eigenvalue weighted by Gasteiger charge is -2.05. The Labute approximate surface area is 115 Å². The third-order valence-electron chi connectivity index (χ3n) is 3.08. The summed E-state index contributed by atoms with van der Waals surface area (Å²) >= 11 is 1.42. The van der Waals surface area contributed by atoms with Gasteiger partial charge in [-0.2, -0.15) is 0 Å². The van der Waals surface area contributed by atoms with Gasteiger partial charge in [0.15, 0.2) is 0 Å². The maximum Gasteiger partial charge on any atom is 0.250 e. The summed E-state index contributed by atoms with van der Waals surface area (Å²) in [6.45, 7) is 3.71. The lowest BCUT2D eigenvalue weighted by molar-refractivity contribution is 0.564. The van der Waals surface area contributed by atoms with Gasteiger partial charge >= 0.3 is 0 Å². The van der Waals surface area contributed by atoms with Crippen molar-refractivity contribution in [2.24, 2.45) is 0 Å². The highest BCUT2D eigenvalue weighted by Gasteiger charge is 2.32. The van der Waals surface area contributed by atoms with Crippen LogP contribution in [0.1, 0.15) is 34.5 Å². The molecule has 1 fully saturated rings. The smallest absolute Gasteiger partial charge is 0.250 e. The fourth-order valence-corrected chi connectivity index (χ4v) is 4.81. The zero-order chi connectivity index (χ0) is 13.6. The normalized spacial score (nSPS) is 15.9. The van der Waals surface area contributed by atoms with Gasteiger partial charge < -0.3 is 4.57 Å². The molecule has 102 valence electrons. The average molecular weight is 298 g/mol. The topological polar surface area (TPSA) is 77.7 Å². The summed E-state index contributed by atoms with van der Waals surface area (Å²) < 4.78 is 26.5. The molecule has 8 heteroatoms. The molecule has 0 saturated heterocycles. The van der Waals surface area contributed by atoms with Crippen molar-refractivity contribution in [3.63, 3.8) is 0 Å². The molecule has 0 bridgehead atoms. The fourth-order valence-electron chi connectivity index (χ4n) is 2.00. The Bertz CT molecular complexity index is 713. The maximum atomic E-state index is 12.4. The molecule has 0 atom stereocenters. The van der Waals surface area contributed by atoms with E-state index >= 15 is 0 Å². The molecule has 19 heavy (non-hydrogen) atoms. The van der Waals surface area contributed by atoms with E-state index in [-0.39, 0.29) is 17.0 Å². The number of sulfone groups is 1. The van der Waals surface area contributed by atoms with Crippen molar-refractivity contribution in [3.05, 3.63) is 21.9 Å².